The van der Waals surface area contributed by atoms with E-state index in [1.165, 1.54) is 0 Å². The lowest BCUT2D eigenvalue weighted by Gasteiger charge is -2.04. The first-order valence-corrected chi connectivity index (χ1v) is 5.46. The fourth-order valence-corrected chi connectivity index (χ4v) is 1.43. The van der Waals surface area contributed by atoms with Crippen LogP contribution in [0.15, 0.2) is 18.2 Å². The monoisotopic (exact) mass is 290 g/mol. The van der Waals surface area contributed by atoms with Crippen molar-refractivity contribution in [1.29, 1.82) is 0 Å². The lowest BCUT2D eigenvalue weighted by molar-refractivity contribution is -0.384. The third-order valence-electron chi connectivity index (χ3n) is 1.75. The number of halogens is 2. The maximum Gasteiger partial charge on any atom is 0.292 e. The Kier molecular flexibility index (Phi) is 4.36. The Balaban J connectivity index is 2.96. The minimum absolute atomic E-state index is 0.129. The summed E-state index contributed by atoms with van der Waals surface area (Å²) in [5, 5.41) is 13.3. The van der Waals surface area contributed by atoms with E-state index in [-0.39, 0.29) is 17.8 Å². The first kappa shape index (κ1) is 12.6. The van der Waals surface area contributed by atoms with Crippen molar-refractivity contribution in [3.63, 3.8) is 0 Å². The summed E-state index contributed by atoms with van der Waals surface area (Å²) >= 11 is 3.06. The Labute approximate surface area is 98.9 Å². The smallest absolute Gasteiger partial charge is 0.292 e. The van der Waals surface area contributed by atoms with Gasteiger partial charge >= 0.3 is 0 Å². The fourth-order valence-electron chi connectivity index (χ4n) is 1.07. The molecule has 5 nitrogen and oxygen atoms in total. The molecule has 0 bridgehead atoms. The van der Waals surface area contributed by atoms with Gasteiger partial charge in [-0.25, -0.2) is 4.39 Å². The molecule has 0 saturated carbocycles. The standard InChI is InChI=1S/C9H8BrFN2O3/c10-4-3-9(14)12-7-5-6(11)1-2-8(7)13(15)16/h1-2,5H,3-4H2,(H,12,14). The van der Waals surface area contributed by atoms with Crippen LogP contribution in [0.4, 0.5) is 15.8 Å². The molecule has 1 amide bonds. The fraction of sp³-hybridized carbons (Fsp3) is 0.222. The minimum Gasteiger partial charge on any atom is -0.320 e. The van der Waals surface area contributed by atoms with E-state index in [1.807, 2.05) is 0 Å². The zero-order valence-corrected chi connectivity index (χ0v) is 9.66. The minimum atomic E-state index is -0.677. The van der Waals surface area contributed by atoms with Crippen LogP contribution in [0.3, 0.4) is 0 Å². The summed E-state index contributed by atoms with van der Waals surface area (Å²) < 4.78 is 12.9. The molecule has 0 aromatic heterocycles. The summed E-state index contributed by atoms with van der Waals surface area (Å²) in [5.41, 5.74) is -0.458. The van der Waals surface area contributed by atoms with Gasteiger partial charge in [0.25, 0.3) is 5.69 Å². The Morgan fingerprint density at radius 3 is 2.81 bits per heavy atom. The van der Waals surface area contributed by atoms with Crippen LogP contribution in [0.5, 0.6) is 0 Å². The van der Waals surface area contributed by atoms with E-state index < -0.39 is 16.6 Å². The second-order valence-corrected chi connectivity index (χ2v) is 3.70. The average molecular weight is 291 g/mol. The average Bonchev–Trinajstić information content (AvgIpc) is 2.17. The molecule has 86 valence electrons. The van der Waals surface area contributed by atoms with Gasteiger partial charge in [0.15, 0.2) is 0 Å². The lowest BCUT2D eigenvalue weighted by Crippen LogP contribution is -2.13. The quantitative estimate of drug-likeness (QED) is 0.526. The Hall–Kier alpha value is -1.50. The third-order valence-corrected chi connectivity index (χ3v) is 2.15. The van der Waals surface area contributed by atoms with Gasteiger partial charge in [-0.2, -0.15) is 0 Å². The Bertz CT molecular complexity index is 425. The molecular weight excluding hydrogens is 283 g/mol. The van der Waals surface area contributed by atoms with Gasteiger partial charge < -0.3 is 5.32 Å². The van der Waals surface area contributed by atoms with Crippen LogP contribution in [0, 0.1) is 15.9 Å². The highest BCUT2D eigenvalue weighted by Gasteiger charge is 2.16. The number of nitrogens with one attached hydrogen (secondary N) is 1. The van der Waals surface area contributed by atoms with Gasteiger partial charge in [0.1, 0.15) is 11.5 Å². The van der Waals surface area contributed by atoms with Crippen molar-refractivity contribution in [2.24, 2.45) is 0 Å². The number of nitrogens with zero attached hydrogens (tertiary/aromatic N) is 1. The van der Waals surface area contributed by atoms with Crippen LogP contribution in [0.2, 0.25) is 0 Å². The molecule has 0 unspecified atom stereocenters. The summed E-state index contributed by atoms with van der Waals surface area (Å²) in [6.45, 7) is 0. The first-order valence-electron chi connectivity index (χ1n) is 4.34. The van der Waals surface area contributed by atoms with Gasteiger partial charge in [-0.05, 0) is 6.07 Å². The number of hydrogen-bond donors (Lipinski definition) is 1. The van der Waals surface area contributed by atoms with E-state index in [0.29, 0.717) is 5.33 Å². The molecule has 1 aromatic rings. The molecule has 1 aromatic carbocycles. The summed E-state index contributed by atoms with van der Waals surface area (Å²) in [6, 6.07) is 2.90. The molecule has 0 aliphatic rings. The Morgan fingerprint density at radius 1 is 1.56 bits per heavy atom. The maximum atomic E-state index is 12.9. The van der Waals surface area contributed by atoms with E-state index in [9.17, 15) is 19.3 Å². The van der Waals surface area contributed by atoms with Crippen LogP contribution >= 0.6 is 15.9 Å². The maximum absolute atomic E-state index is 12.9. The number of carbonyl (C=O) groups is 1. The van der Waals surface area contributed by atoms with Gasteiger partial charge in [0.2, 0.25) is 5.91 Å². The summed E-state index contributed by atoms with van der Waals surface area (Å²) in [4.78, 5) is 21.1. The number of benzene rings is 1. The molecule has 1 rings (SSSR count). The predicted molar refractivity (Wildman–Crippen MR) is 60.1 cm³/mol. The van der Waals surface area contributed by atoms with Crippen molar-refractivity contribution in [2.75, 3.05) is 10.6 Å². The number of anilines is 1. The SMILES string of the molecule is O=C(CCBr)Nc1cc(F)ccc1[N+](=O)[O-]. The molecule has 0 saturated heterocycles. The van der Waals surface area contributed by atoms with Crippen molar-refractivity contribution in [3.05, 3.63) is 34.1 Å². The highest BCUT2D eigenvalue weighted by molar-refractivity contribution is 9.09. The van der Waals surface area contributed by atoms with Gasteiger partial charge in [-0.3, -0.25) is 14.9 Å². The molecule has 7 heteroatoms. The third kappa shape index (κ3) is 3.27. The highest BCUT2D eigenvalue weighted by Crippen LogP contribution is 2.24. The Morgan fingerprint density at radius 2 is 2.25 bits per heavy atom. The van der Waals surface area contributed by atoms with Crippen LogP contribution in [0.1, 0.15) is 6.42 Å². The molecular formula is C9H8BrFN2O3. The second-order valence-electron chi connectivity index (χ2n) is 2.91. The molecule has 0 aliphatic heterocycles. The number of rotatable bonds is 4. The number of amides is 1. The normalized spacial score (nSPS) is 9.88. The van der Waals surface area contributed by atoms with Crippen LogP contribution in [-0.4, -0.2) is 16.2 Å². The van der Waals surface area contributed by atoms with Crippen molar-refractivity contribution < 1.29 is 14.1 Å². The molecule has 0 radical (unpaired) electrons. The predicted octanol–water partition coefficient (Wildman–Crippen LogP) is 2.46. The number of nitro groups is 1. The van der Waals surface area contributed by atoms with Crippen molar-refractivity contribution in [3.8, 4) is 0 Å². The number of carbonyl (C=O) groups excluding carboxylic acids is 1. The second kappa shape index (κ2) is 5.55. The van der Waals surface area contributed by atoms with Crippen LogP contribution in [-0.2, 0) is 4.79 Å². The van der Waals surface area contributed by atoms with E-state index in [1.54, 1.807) is 0 Å². The molecule has 1 N–H and O–H groups in total. The van der Waals surface area contributed by atoms with E-state index in [4.69, 9.17) is 0 Å². The van der Waals surface area contributed by atoms with Crippen LogP contribution < -0.4 is 5.32 Å². The summed E-state index contributed by atoms with van der Waals surface area (Å²) in [5.74, 6) is -1.05. The van der Waals surface area contributed by atoms with Gasteiger partial charge in [-0.1, -0.05) is 15.9 Å². The van der Waals surface area contributed by atoms with Gasteiger partial charge in [0.05, 0.1) is 4.92 Å². The lowest BCUT2D eigenvalue weighted by atomic mass is 10.2. The van der Waals surface area contributed by atoms with Gasteiger partial charge in [-0.15, -0.1) is 0 Å². The number of hydrogen-bond acceptors (Lipinski definition) is 3. The van der Waals surface area contributed by atoms with Gasteiger partial charge in [0, 0.05) is 23.9 Å². The molecule has 0 heterocycles. The molecule has 16 heavy (non-hydrogen) atoms. The van der Waals surface area contributed by atoms with E-state index in [0.717, 1.165) is 18.2 Å². The number of alkyl halides is 1. The van der Waals surface area contributed by atoms with Crippen LogP contribution in [0.25, 0.3) is 0 Å². The topological polar surface area (TPSA) is 72.2 Å². The summed E-state index contributed by atoms with van der Waals surface area (Å²) in [6.07, 6.45) is 0.160. The molecule has 0 atom stereocenters. The first-order chi connectivity index (χ1) is 7.54. The van der Waals surface area contributed by atoms with Crippen molar-refractivity contribution in [1.82, 2.24) is 0 Å². The largest absolute Gasteiger partial charge is 0.320 e. The van der Waals surface area contributed by atoms with E-state index >= 15 is 0 Å². The van der Waals surface area contributed by atoms with E-state index in [2.05, 4.69) is 21.2 Å². The zero-order valence-electron chi connectivity index (χ0n) is 8.07. The van der Waals surface area contributed by atoms with Crippen molar-refractivity contribution in [2.45, 2.75) is 6.42 Å². The summed E-state index contributed by atoms with van der Waals surface area (Å²) in [7, 11) is 0. The molecule has 0 spiro atoms. The molecule has 0 aliphatic carbocycles. The number of nitro benzene ring substituents is 1. The zero-order chi connectivity index (χ0) is 12.1. The van der Waals surface area contributed by atoms with Crippen molar-refractivity contribution >= 4 is 33.2 Å². The highest BCUT2D eigenvalue weighted by atomic mass is 79.9. The molecule has 0 fully saturated rings.